The van der Waals surface area contributed by atoms with Gasteiger partial charge in [0.25, 0.3) is 0 Å². The Morgan fingerprint density at radius 2 is 1.79 bits per heavy atom. The number of piperazine rings is 1. The summed E-state index contributed by atoms with van der Waals surface area (Å²) in [6.07, 6.45) is -0.678. The van der Waals surface area contributed by atoms with E-state index in [-0.39, 0.29) is 30.9 Å². The molecule has 2 aromatic rings. The van der Waals surface area contributed by atoms with Crippen LogP contribution in [0.3, 0.4) is 0 Å². The maximum atomic E-state index is 12.9. The van der Waals surface area contributed by atoms with Gasteiger partial charge in [0, 0.05) is 18.2 Å². The third-order valence-electron chi connectivity index (χ3n) is 4.75. The van der Waals surface area contributed by atoms with Crippen LogP contribution in [0.15, 0.2) is 54.6 Å². The largest absolute Gasteiger partial charge is 0.453 e. The lowest BCUT2D eigenvalue weighted by atomic mass is 10.0. The minimum atomic E-state index is -0.678. The van der Waals surface area contributed by atoms with Crippen molar-refractivity contribution >= 4 is 23.6 Å². The standard InChI is InChI=1S/C21H23N3O4/c1-15-13-24(20(26)14-23(15)19(25)12-22-21(27)28-2)18-11-7-6-10-17(18)16-8-4-3-5-9-16/h3-11,15H,12-14H2,1-2H3,(H,22,27)/t15-/m0/s1. The minimum absolute atomic E-state index is 0.0357. The van der Waals surface area contributed by atoms with Crippen LogP contribution >= 0.6 is 0 Å². The van der Waals surface area contributed by atoms with Gasteiger partial charge in [-0.25, -0.2) is 4.79 Å². The van der Waals surface area contributed by atoms with E-state index in [1.165, 1.54) is 12.0 Å². The number of benzene rings is 2. The van der Waals surface area contributed by atoms with Crippen LogP contribution in [0.1, 0.15) is 6.92 Å². The molecule has 1 fully saturated rings. The van der Waals surface area contributed by atoms with Crippen LogP contribution in [-0.2, 0) is 14.3 Å². The van der Waals surface area contributed by atoms with Crippen molar-refractivity contribution in [3.63, 3.8) is 0 Å². The van der Waals surface area contributed by atoms with Crippen molar-refractivity contribution in [3.05, 3.63) is 54.6 Å². The molecule has 0 unspecified atom stereocenters. The molecule has 2 aromatic carbocycles. The summed E-state index contributed by atoms with van der Waals surface area (Å²) in [6, 6.07) is 17.4. The fourth-order valence-electron chi connectivity index (χ4n) is 3.31. The molecule has 28 heavy (non-hydrogen) atoms. The average molecular weight is 381 g/mol. The van der Waals surface area contributed by atoms with Gasteiger partial charge < -0.3 is 19.9 Å². The van der Waals surface area contributed by atoms with Crippen molar-refractivity contribution in [2.75, 3.05) is 31.6 Å². The lowest BCUT2D eigenvalue weighted by Gasteiger charge is -2.40. The van der Waals surface area contributed by atoms with Crippen molar-refractivity contribution in [1.29, 1.82) is 0 Å². The number of nitrogens with zero attached hydrogens (tertiary/aromatic N) is 2. The highest BCUT2D eigenvalue weighted by molar-refractivity contribution is 6.01. The average Bonchev–Trinajstić information content (AvgIpc) is 2.73. The zero-order valence-corrected chi connectivity index (χ0v) is 15.9. The molecule has 1 heterocycles. The molecule has 0 aromatic heterocycles. The van der Waals surface area contributed by atoms with Gasteiger partial charge in [-0.2, -0.15) is 0 Å². The van der Waals surface area contributed by atoms with Crippen LogP contribution < -0.4 is 10.2 Å². The third-order valence-corrected chi connectivity index (χ3v) is 4.75. The van der Waals surface area contributed by atoms with Crippen LogP contribution in [0.25, 0.3) is 11.1 Å². The number of methoxy groups -OCH3 is 1. The fourth-order valence-corrected chi connectivity index (χ4v) is 3.31. The Bertz CT molecular complexity index is 869. The van der Waals surface area contributed by atoms with Gasteiger partial charge in [-0.3, -0.25) is 9.59 Å². The van der Waals surface area contributed by atoms with E-state index in [0.717, 1.165) is 16.8 Å². The van der Waals surface area contributed by atoms with Gasteiger partial charge in [0.2, 0.25) is 11.8 Å². The number of nitrogens with one attached hydrogen (secondary N) is 1. The van der Waals surface area contributed by atoms with Crippen LogP contribution in [0.5, 0.6) is 0 Å². The molecule has 3 amide bonds. The molecule has 1 aliphatic rings. The monoisotopic (exact) mass is 381 g/mol. The molecule has 1 aliphatic heterocycles. The van der Waals surface area contributed by atoms with E-state index in [0.29, 0.717) is 6.54 Å². The molecule has 3 rings (SSSR count). The van der Waals surface area contributed by atoms with Crippen LogP contribution in [0.2, 0.25) is 0 Å². The summed E-state index contributed by atoms with van der Waals surface area (Å²) in [5, 5.41) is 2.36. The van der Waals surface area contributed by atoms with Gasteiger partial charge in [-0.05, 0) is 18.6 Å². The maximum absolute atomic E-state index is 12.9. The van der Waals surface area contributed by atoms with E-state index in [1.807, 2.05) is 61.5 Å². The Balaban J connectivity index is 1.78. The van der Waals surface area contributed by atoms with Crippen molar-refractivity contribution < 1.29 is 19.1 Å². The van der Waals surface area contributed by atoms with Gasteiger partial charge in [0.15, 0.2) is 0 Å². The number of alkyl carbamates (subject to hydrolysis) is 1. The number of amides is 3. The Morgan fingerprint density at radius 3 is 2.50 bits per heavy atom. The van der Waals surface area contributed by atoms with E-state index in [4.69, 9.17) is 0 Å². The third kappa shape index (κ3) is 4.14. The SMILES string of the molecule is COC(=O)NCC(=O)N1CC(=O)N(c2ccccc2-c2ccccc2)C[C@@H]1C. The number of carbonyl (C=O) groups excluding carboxylic acids is 3. The molecule has 1 atom stereocenters. The lowest BCUT2D eigenvalue weighted by molar-refractivity contribution is -0.138. The smallest absolute Gasteiger partial charge is 0.407 e. The maximum Gasteiger partial charge on any atom is 0.407 e. The summed E-state index contributed by atoms with van der Waals surface area (Å²) in [6.45, 7) is 2.03. The summed E-state index contributed by atoms with van der Waals surface area (Å²) >= 11 is 0. The first-order valence-electron chi connectivity index (χ1n) is 9.07. The molecular formula is C21H23N3O4. The van der Waals surface area contributed by atoms with E-state index in [1.54, 1.807) is 4.90 Å². The van der Waals surface area contributed by atoms with Crippen molar-refractivity contribution in [2.24, 2.45) is 0 Å². The quantitative estimate of drug-likeness (QED) is 0.881. The zero-order valence-electron chi connectivity index (χ0n) is 15.9. The van der Waals surface area contributed by atoms with Gasteiger partial charge in [-0.15, -0.1) is 0 Å². The van der Waals surface area contributed by atoms with E-state index >= 15 is 0 Å². The molecule has 0 bridgehead atoms. The molecule has 0 aliphatic carbocycles. The minimum Gasteiger partial charge on any atom is -0.453 e. The molecule has 146 valence electrons. The van der Waals surface area contributed by atoms with Gasteiger partial charge >= 0.3 is 6.09 Å². The highest BCUT2D eigenvalue weighted by Crippen LogP contribution is 2.32. The fraction of sp³-hybridized carbons (Fsp3) is 0.286. The second kappa shape index (κ2) is 8.56. The topological polar surface area (TPSA) is 79.0 Å². The van der Waals surface area contributed by atoms with Crippen LogP contribution in [0.4, 0.5) is 10.5 Å². The van der Waals surface area contributed by atoms with Crippen molar-refractivity contribution in [2.45, 2.75) is 13.0 Å². The van der Waals surface area contributed by atoms with Gasteiger partial charge in [0.1, 0.15) is 13.1 Å². The Hall–Kier alpha value is -3.35. The van der Waals surface area contributed by atoms with E-state index < -0.39 is 6.09 Å². The first-order valence-corrected chi connectivity index (χ1v) is 9.07. The van der Waals surface area contributed by atoms with Crippen molar-refractivity contribution in [3.8, 4) is 11.1 Å². The summed E-state index contributed by atoms with van der Waals surface area (Å²) in [5.74, 6) is -0.477. The molecule has 1 saturated heterocycles. The Kier molecular flexibility index (Phi) is 5.93. The Morgan fingerprint density at radius 1 is 1.11 bits per heavy atom. The molecule has 7 nitrogen and oxygen atoms in total. The summed E-state index contributed by atoms with van der Waals surface area (Å²) in [5.41, 5.74) is 2.82. The second-order valence-corrected chi connectivity index (χ2v) is 6.60. The first-order chi connectivity index (χ1) is 13.5. The van der Waals surface area contributed by atoms with Crippen LogP contribution in [0, 0.1) is 0 Å². The first kappa shape index (κ1) is 19.4. The number of hydrogen-bond donors (Lipinski definition) is 1. The van der Waals surface area contributed by atoms with Crippen LogP contribution in [-0.4, -0.2) is 55.6 Å². The number of ether oxygens (including phenoxy) is 1. The lowest BCUT2D eigenvalue weighted by Crippen LogP contribution is -2.58. The molecular weight excluding hydrogens is 358 g/mol. The van der Waals surface area contributed by atoms with Gasteiger partial charge in [-0.1, -0.05) is 48.5 Å². The summed E-state index contributed by atoms with van der Waals surface area (Å²) in [7, 11) is 1.23. The normalized spacial score (nSPS) is 16.6. The number of rotatable bonds is 4. The molecule has 7 heteroatoms. The number of carbonyl (C=O) groups is 3. The van der Waals surface area contributed by atoms with Gasteiger partial charge in [0.05, 0.1) is 12.8 Å². The number of para-hydroxylation sites is 1. The summed E-state index contributed by atoms with van der Waals surface area (Å²) in [4.78, 5) is 39.6. The molecule has 0 radical (unpaired) electrons. The number of anilines is 1. The predicted molar refractivity (Wildman–Crippen MR) is 106 cm³/mol. The Labute approximate surface area is 163 Å². The van der Waals surface area contributed by atoms with E-state index in [9.17, 15) is 14.4 Å². The van der Waals surface area contributed by atoms with E-state index in [2.05, 4.69) is 10.1 Å². The zero-order chi connectivity index (χ0) is 20.1. The highest BCUT2D eigenvalue weighted by atomic mass is 16.5. The molecule has 0 saturated carbocycles. The molecule has 1 N–H and O–H groups in total. The predicted octanol–water partition coefficient (Wildman–Crippen LogP) is 2.27. The highest BCUT2D eigenvalue weighted by Gasteiger charge is 2.34. The number of hydrogen-bond acceptors (Lipinski definition) is 4. The van der Waals surface area contributed by atoms with Crippen molar-refractivity contribution in [1.82, 2.24) is 10.2 Å². The molecule has 0 spiro atoms. The summed E-state index contributed by atoms with van der Waals surface area (Å²) < 4.78 is 4.47. The second-order valence-electron chi connectivity index (χ2n) is 6.60.